The van der Waals surface area contributed by atoms with Crippen molar-refractivity contribution in [1.82, 2.24) is 5.32 Å². The molecule has 2 saturated heterocycles. The molecule has 1 N–H and O–H groups in total. The first-order valence-electron chi connectivity index (χ1n) is 5.71. The Labute approximate surface area is 99.4 Å². The van der Waals surface area contributed by atoms with E-state index in [1.54, 1.807) is 0 Å². The minimum absolute atomic E-state index is 0.587. The third-order valence-electron chi connectivity index (χ3n) is 3.84. The highest BCUT2D eigenvalue weighted by Gasteiger charge is 2.46. The molecule has 0 radical (unpaired) electrons. The van der Waals surface area contributed by atoms with Crippen LogP contribution in [0, 0.1) is 11.3 Å². The van der Waals surface area contributed by atoms with Gasteiger partial charge in [0.15, 0.2) is 0 Å². The summed E-state index contributed by atoms with van der Waals surface area (Å²) in [5, 5.41) is 3.55. The highest BCUT2D eigenvalue weighted by molar-refractivity contribution is 9.10. The van der Waals surface area contributed by atoms with Gasteiger partial charge in [-0.25, -0.2) is 0 Å². The van der Waals surface area contributed by atoms with E-state index in [1.165, 1.54) is 42.4 Å². The smallest absolute Gasteiger partial charge is 0.0177 e. The highest BCUT2D eigenvalue weighted by Crippen LogP contribution is 2.49. The van der Waals surface area contributed by atoms with E-state index in [0.29, 0.717) is 5.41 Å². The Kier molecular flexibility index (Phi) is 2.37. The van der Waals surface area contributed by atoms with Crippen molar-refractivity contribution < 1.29 is 0 Å². The van der Waals surface area contributed by atoms with Crippen molar-refractivity contribution in [2.45, 2.75) is 19.3 Å². The molecule has 1 aromatic rings. The van der Waals surface area contributed by atoms with E-state index in [0.717, 1.165) is 5.92 Å². The molecular formula is C13H16BrN. The zero-order valence-corrected chi connectivity index (χ0v) is 10.4. The molecule has 80 valence electrons. The second kappa shape index (κ2) is 3.60. The fourth-order valence-corrected chi connectivity index (χ4v) is 3.73. The maximum atomic E-state index is 3.55. The summed E-state index contributed by atoms with van der Waals surface area (Å²) in [6.07, 6.45) is 4.12. The van der Waals surface area contributed by atoms with Gasteiger partial charge in [-0.15, -0.1) is 0 Å². The molecule has 1 aliphatic carbocycles. The van der Waals surface area contributed by atoms with Crippen LogP contribution in [0.4, 0.5) is 0 Å². The summed E-state index contributed by atoms with van der Waals surface area (Å²) in [4.78, 5) is 0. The molecule has 0 unspecified atom stereocenters. The minimum atomic E-state index is 0.587. The van der Waals surface area contributed by atoms with E-state index in [9.17, 15) is 0 Å². The Hall–Kier alpha value is -0.340. The largest absolute Gasteiger partial charge is 0.316 e. The molecule has 3 aliphatic rings. The highest BCUT2D eigenvalue weighted by atomic mass is 79.9. The van der Waals surface area contributed by atoms with E-state index < -0.39 is 0 Å². The number of hydrogen-bond donors (Lipinski definition) is 1. The van der Waals surface area contributed by atoms with Gasteiger partial charge in [-0.1, -0.05) is 28.1 Å². The Morgan fingerprint density at radius 1 is 1.40 bits per heavy atom. The van der Waals surface area contributed by atoms with E-state index in [2.05, 4.69) is 45.5 Å². The van der Waals surface area contributed by atoms with Crippen LogP contribution in [-0.2, 0) is 6.42 Å². The number of hydrogen-bond acceptors (Lipinski definition) is 1. The molecule has 0 atom stereocenters. The normalized spacial score (nSPS) is 33.5. The third-order valence-corrected chi connectivity index (χ3v) is 4.34. The summed E-state index contributed by atoms with van der Waals surface area (Å²) in [5.41, 5.74) is 2.07. The predicted octanol–water partition coefficient (Wildman–Crippen LogP) is 2.99. The van der Waals surface area contributed by atoms with Crippen molar-refractivity contribution in [3.63, 3.8) is 0 Å². The van der Waals surface area contributed by atoms with Crippen LogP contribution in [0.2, 0.25) is 0 Å². The van der Waals surface area contributed by atoms with Crippen molar-refractivity contribution in [1.29, 1.82) is 0 Å². The van der Waals surface area contributed by atoms with E-state index in [1.807, 2.05) is 0 Å². The maximum Gasteiger partial charge on any atom is 0.0177 e. The number of nitrogens with one attached hydrogen (secondary N) is 1. The summed E-state index contributed by atoms with van der Waals surface area (Å²) in [6.45, 7) is 2.47. The number of benzene rings is 1. The molecule has 0 amide bonds. The fourth-order valence-electron chi connectivity index (χ4n) is 3.28. The van der Waals surface area contributed by atoms with E-state index in [-0.39, 0.29) is 0 Å². The van der Waals surface area contributed by atoms with Gasteiger partial charge in [0.2, 0.25) is 0 Å². The monoisotopic (exact) mass is 265 g/mol. The molecule has 3 fully saturated rings. The molecular weight excluding hydrogens is 250 g/mol. The quantitative estimate of drug-likeness (QED) is 0.867. The zero-order valence-electron chi connectivity index (χ0n) is 8.80. The van der Waals surface area contributed by atoms with Crippen LogP contribution in [0.3, 0.4) is 0 Å². The van der Waals surface area contributed by atoms with Gasteiger partial charge < -0.3 is 5.32 Å². The van der Waals surface area contributed by atoms with Gasteiger partial charge in [0.25, 0.3) is 0 Å². The Morgan fingerprint density at radius 2 is 2.27 bits per heavy atom. The first-order chi connectivity index (χ1) is 7.26. The second-order valence-electron chi connectivity index (χ2n) is 5.21. The molecule has 2 heterocycles. The van der Waals surface area contributed by atoms with Crippen LogP contribution in [-0.4, -0.2) is 13.1 Å². The fraction of sp³-hybridized carbons (Fsp3) is 0.538. The molecule has 15 heavy (non-hydrogen) atoms. The Morgan fingerprint density at radius 3 is 2.93 bits per heavy atom. The first kappa shape index (κ1) is 9.86. The summed E-state index contributed by atoms with van der Waals surface area (Å²) >= 11 is 3.54. The average Bonchev–Trinajstić information content (AvgIpc) is 2.17. The van der Waals surface area contributed by atoms with Crippen molar-refractivity contribution in [3.05, 3.63) is 34.3 Å². The predicted molar refractivity (Wildman–Crippen MR) is 65.9 cm³/mol. The van der Waals surface area contributed by atoms with Crippen LogP contribution >= 0.6 is 15.9 Å². The lowest BCUT2D eigenvalue weighted by atomic mass is 9.57. The summed E-state index contributed by atoms with van der Waals surface area (Å²) < 4.78 is 1.20. The number of rotatable bonds is 2. The van der Waals surface area contributed by atoms with Gasteiger partial charge in [-0.2, -0.15) is 0 Å². The summed E-state index contributed by atoms with van der Waals surface area (Å²) in [6, 6.07) is 8.75. The Balaban J connectivity index is 1.75. The Bertz CT molecular complexity index is 363. The summed E-state index contributed by atoms with van der Waals surface area (Å²) in [5.74, 6) is 0.964. The van der Waals surface area contributed by atoms with Gasteiger partial charge in [0, 0.05) is 11.0 Å². The van der Waals surface area contributed by atoms with Crippen molar-refractivity contribution in [2.24, 2.45) is 11.3 Å². The number of piperidine rings is 2. The van der Waals surface area contributed by atoms with Crippen LogP contribution in [0.15, 0.2) is 28.7 Å². The second-order valence-corrected chi connectivity index (χ2v) is 6.13. The van der Waals surface area contributed by atoms with Crippen molar-refractivity contribution in [2.75, 3.05) is 13.1 Å². The molecule has 1 saturated carbocycles. The van der Waals surface area contributed by atoms with Gasteiger partial charge in [0.05, 0.1) is 0 Å². The third kappa shape index (κ3) is 1.85. The first-order valence-corrected chi connectivity index (χ1v) is 6.50. The number of halogens is 1. The molecule has 0 aromatic heterocycles. The summed E-state index contributed by atoms with van der Waals surface area (Å²) in [7, 11) is 0. The van der Waals surface area contributed by atoms with Crippen LogP contribution < -0.4 is 5.32 Å². The molecule has 4 rings (SSSR count). The molecule has 2 aliphatic heterocycles. The lowest BCUT2D eigenvalue weighted by molar-refractivity contribution is 0.0145. The van der Waals surface area contributed by atoms with E-state index >= 15 is 0 Å². The molecule has 2 heteroatoms. The topological polar surface area (TPSA) is 12.0 Å². The van der Waals surface area contributed by atoms with Crippen LogP contribution in [0.5, 0.6) is 0 Å². The number of fused-ring (bicyclic) bond motifs is 2. The van der Waals surface area contributed by atoms with Gasteiger partial charge in [-0.05, 0) is 54.8 Å². The van der Waals surface area contributed by atoms with Crippen molar-refractivity contribution >= 4 is 15.9 Å². The van der Waals surface area contributed by atoms with Crippen LogP contribution in [0.1, 0.15) is 18.4 Å². The lowest BCUT2D eigenvalue weighted by Gasteiger charge is -2.53. The van der Waals surface area contributed by atoms with Gasteiger partial charge >= 0.3 is 0 Å². The van der Waals surface area contributed by atoms with Gasteiger partial charge in [-0.3, -0.25) is 0 Å². The minimum Gasteiger partial charge on any atom is -0.316 e. The van der Waals surface area contributed by atoms with Crippen LogP contribution in [0.25, 0.3) is 0 Å². The molecule has 2 bridgehead atoms. The zero-order chi connectivity index (χ0) is 10.3. The molecule has 1 aromatic carbocycles. The van der Waals surface area contributed by atoms with Crippen molar-refractivity contribution in [3.8, 4) is 0 Å². The SMILES string of the molecule is Brc1cccc(CC23CNCC(C2)C3)c1. The molecule has 0 spiro atoms. The lowest BCUT2D eigenvalue weighted by Crippen LogP contribution is -2.55. The van der Waals surface area contributed by atoms with E-state index in [4.69, 9.17) is 0 Å². The standard InChI is InChI=1S/C13H16BrN/c14-12-3-1-2-10(4-12)5-13-6-11(7-13)8-15-9-13/h1-4,11,15H,5-9H2. The van der Waals surface area contributed by atoms with Gasteiger partial charge in [0.1, 0.15) is 0 Å². The maximum absolute atomic E-state index is 3.55. The molecule has 1 nitrogen and oxygen atoms in total. The average molecular weight is 266 g/mol.